The van der Waals surface area contributed by atoms with E-state index in [4.69, 9.17) is 0 Å². The normalized spacial score (nSPS) is 21.6. The fourth-order valence-corrected chi connectivity index (χ4v) is 6.00. The van der Waals surface area contributed by atoms with E-state index in [9.17, 15) is 9.18 Å². The summed E-state index contributed by atoms with van der Waals surface area (Å²) in [4.78, 5) is 18.3. The van der Waals surface area contributed by atoms with Crippen LogP contribution < -0.4 is 0 Å². The van der Waals surface area contributed by atoms with Crippen molar-refractivity contribution in [3.8, 4) is 11.1 Å². The maximum absolute atomic E-state index is 16.1. The van der Waals surface area contributed by atoms with E-state index in [0.29, 0.717) is 54.2 Å². The van der Waals surface area contributed by atoms with Gasteiger partial charge in [-0.05, 0) is 57.6 Å². The average molecular weight is 536 g/mol. The zero-order valence-electron chi connectivity index (χ0n) is 24.3. The number of nitrogens with zero attached hydrogens (tertiary/aromatic N) is 5. The molecule has 0 radical (unpaired) electrons. The summed E-state index contributed by atoms with van der Waals surface area (Å²) in [6.45, 7) is 14.5. The third-order valence-corrected chi connectivity index (χ3v) is 7.52. The molecule has 3 fully saturated rings. The highest BCUT2D eigenvalue weighted by Crippen LogP contribution is 2.48. The number of hydrogen-bond donors (Lipinski definition) is 0. The number of carbonyl (C=O) groups excluding carboxylic acids is 1. The molecule has 4 heterocycles. The number of aromatic nitrogens is 3. The summed E-state index contributed by atoms with van der Waals surface area (Å²) >= 11 is 0. The first kappa shape index (κ1) is 31.8. The van der Waals surface area contributed by atoms with Crippen molar-refractivity contribution in [1.82, 2.24) is 24.6 Å². The number of ether oxygens (including phenoxy) is 1. The largest absolute Gasteiger partial charge is 0.468 e. The van der Waals surface area contributed by atoms with Crippen molar-refractivity contribution in [3.05, 3.63) is 36.2 Å². The van der Waals surface area contributed by atoms with Crippen LogP contribution in [0.15, 0.2) is 24.7 Å². The van der Waals surface area contributed by atoms with E-state index in [0.717, 1.165) is 19.3 Å². The Kier molecular flexibility index (Phi) is 12.3. The smallest absolute Gasteiger partial charge is 0.293 e. The van der Waals surface area contributed by atoms with Crippen LogP contribution in [-0.4, -0.2) is 76.9 Å². The molecule has 5 rings (SSSR count). The van der Waals surface area contributed by atoms with Crippen molar-refractivity contribution in [2.24, 2.45) is 12.5 Å². The maximum atomic E-state index is 16.1. The van der Waals surface area contributed by atoms with Gasteiger partial charge in [-0.25, -0.2) is 8.78 Å². The number of pyridine rings is 1. The van der Waals surface area contributed by atoms with Crippen LogP contribution in [0.2, 0.25) is 0 Å². The first-order chi connectivity index (χ1) is 18.3. The monoisotopic (exact) mass is 535 g/mol. The molecule has 2 saturated heterocycles. The van der Waals surface area contributed by atoms with E-state index in [2.05, 4.69) is 31.7 Å². The standard InChI is InChI=1S/C22H29F2N5.C3H6O2.2C2H6/c1-27-14-21(15-27)4-3-18(10-21)29-7-5-22(24,6-8-29)20-19(9-17(23)12-25-20)16-11-26-28(2)13-16;1-2-5-3-4;2*1-2/h9,11-13,18H,3-8,10,14-15H2,1-2H3;3H,2H2,1H3;2*1-2H3. The van der Waals surface area contributed by atoms with Gasteiger partial charge >= 0.3 is 0 Å². The molecule has 7 nitrogen and oxygen atoms in total. The van der Waals surface area contributed by atoms with Gasteiger partial charge in [0.05, 0.1) is 24.7 Å². The van der Waals surface area contributed by atoms with Gasteiger partial charge in [-0.2, -0.15) is 5.10 Å². The number of hydrogen-bond acceptors (Lipinski definition) is 6. The zero-order valence-corrected chi connectivity index (χ0v) is 24.3. The molecular weight excluding hydrogens is 488 g/mol. The van der Waals surface area contributed by atoms with E-state index in [1.807, 2.05) is 27.7 Å². The molecule has 2 aromatic heterocycles. The van der Waals surface area contributed by atoms with E-state index in [1.54, 1.807) is 31.0 Å². The lowest BCUT2D eigenvalue weighted by Crippen LogP contribution is -2.54. The van der Waals surface area contributed by atoms with Crippen LogP contribution >= 0.6 is 0 Å². The number of likely N-dealkylation sites (tertiary alicyclic amines) is 2. The molecule has 0 amide bonds. The Hall–Kier alpha value is -2.39. The lowest BCUT2D eigenvalue weighted by molar-refractivity contribution is -0.128. The van der Waals surface area contributed by atoms with Gasteiger partial charge in [-0.15, -0.1) is 0 Å². The highest BCUT2D eigenvalue weighted by molar-refractivity contribution is 5.65. The number of rotatable bonds is 5. The summed E-state index contributed by atoms with van der Waals surface area (Å²) in [6.07, 6.45) is 9.14. The Morgan fingerprint density at radius 3 is 2.26 bits per heavy atom. The van der Waals surface area contributed by atoms with Crippen molar-refractivity contribution in [2.45, 2.75) is 78.4 Å². The van der Waals surface area contributed by atoms with Gasteiger partial charge in [0, 0.05) is 56.6 Å². The zero-order chi connectivity index (χ0) is 28.3. The summed E-state index contributed by atoms with van der Waals surface area (Å²) in [5, 5.41) is 4.16. The summed E-state index contributed by atoms with van der Waals surface area (Å²) in [7, 11) is 3.99. The van der Waals surface area contributed by atoms with E-state index >= 15 is 4.39 Å². The number of aryl methyl sites for hydroxylation is 1. The third-order valence-electron chi connectivity index (χ3n) is 7.52. The molecule has 38 heavy (non-hydrogen) atoms. The first-order valence-electron chi connectivity index (χ1n) is 14.1. The van der Waals surface area contributed by atoms with Crippen LogP contribution in [0.25, 0.3) is 11.1 Å². The van der Waals surface area contributed by atoms with Gasteiger partial charge in [-0.3, -0.25) is 14.5 Å². The van der Waals surface area contributed by atoms with Crippen molar-refractivity contribution in [2.75, 3.05) is 39.8 Å². The Morgan fingerprint density at radius 2 is 1.76 bits per heavy atom. The SMILES string of the molecule is CC.CC.CCOC=O.CN1CC2(CCC(N3CCC(F)(c4ncc(F)cc4-c4cnn(C)c4)CC3)C2)C1. The van der Waals surface area contributed by atoms with Gasteiger partial charge in [0.2, 0.25) is 0 Å². The lowest BCUT2D eigenvalue weighted by atomic mass is 9.78. The van der Waals surface area contributed by atoms with Crippen LogP contribution in [0, 0.1) is 11.2 Å². The number of carbonyl (C=O) groups is 1. The predicted molar refractivity (Wildman–Crippen MR) is 148 cm³/mol. The van der Waals surface area contributed by atoms with Crippen LogP contribution in [-0.2, 0) is 22.2 Å². The van der Waals surface area contributed by atoms with Crippen molar-refractivity contribution in [3.63, 3.8) is 0 Å². The average Bonchev–Trinajstić information content (AvgIpc) is 3.55. The summed E-state index contributed by atoms with van der Waals surface area (Å²) in [5.41, 5.74) is 0.570. The summed E-state index contributed by atoms with van der Waals surface area (Å²) in [6, 6.07) is 1.97. The minimum Gasteiger partial charge on any atom is -0.468 e. The molecule has 0 N–H and O–H groups in total. The number of alkyl halides is 1. The Bertz CT molecular complexity index is 985. The highest BCUT2D eigenvalue weighted by atomic mass is 19.1. The van der Waals surface area contributed by atoms with Crippen LogP contribution in [0.1, 0.15) is 72.4 Å². The van der Waals surface area contributed by atoms with Gasteiger partial charge in [0.1, 0.15) is 5.82 Å². The Morgan fingerprint density at radius 1 is 1.11 bits per heavy atom. The number of piperidine rings is 1. The molecule has 2 aliphatic heterocycles. The predicted octanol–water partition coefficient (Wildman–Crippen LogP) is 5.60. The molecule has 1 unspecified atom stereocenters. The molecule has 2 aromatic rings. The minimum absolute atomic E-state index is 0.357. The first-order valence-corrected chi connectivity index (χ1v) is 14.1. The fourth-order valence-electron chi connectivity index (χ4n) is 6.00. The maximum Gasteiger partial charge on any atom is 0.293 e. The molecule has 3 aliphatic rings. The van der Waals surface area contributed by atoms with E-state index in [1.165, 1.54) is 38.4 Å². The second-order valence-corrected chi connectivity index (χ2v) is 10.1. The molecule has 1 aliphatic carbocycles. The minimum atomic E-state index is -1.53. The molecule has 0 bridgehead atoms. The van der Waals surface area contributed by atoms with E-state index < -0.39 is 11.5 Å². The van der Waals surface area contributed by atoms with Crippen molar-refractivity contribution < 1.29 is 18.3 Å². The lowest BCUT2D eigenvalue weighted by Gasteiger charge is -2.47. The molecular formula is C29H47F2N5O2. The topological polar surface area (TPSA) is 63.5 Å². The van der Waals surface area contributed by atoms with E-state index in [-0.39, 0.29) is 0 Å². The van der Waals surface area contributed by atoms with Crippen molar-refractivity contribution >= 4 is 6.47 Å². The van der Waals surface area contributed by atoms with Gasteiger partial charge in [0.25, 0.3) is 6.47 Å². The van der Waals surface area contributed by atoms with Gasteiger partial charge < -0.3 is 14.5 Å². The van der Waals surface area contributed by atoms with Gasteiger partial charge in [0.15, 0.2) is 5.67 Å². The Labute approximate surface area is 227 Å². The quantitative estimate of drug-likeness (QED) is 0.465. The molecule has 1 atom stereocenters. The number of halogens is 2. The second-order valence-electron chi connectivity index (χ2n) is 10.1. The molecule has 1 saturated carbocycles. The molecule has 9 heteroatoms. The van der Waals surface area contributed by atoms with Crippen LogP contribution in [0.5, 0.6) is 0 Å². The highest BCUT2D eigenvalue weighted by Gasteiger charge is 2.49. The Balaban J connectivity index is 0.000000500. The van der Waals surface area contributed by atoms with Crippen LogP contribution in [0.4, 0.5) is 8.78 Å². The summed E-state index contributed by atoms with van der Waals surface area (Å²) < 4.78 is 35.8. The third kappa shape index (κ3) is 7.59. The van der Waals surface area contributed by atoms with Crippen LogP contribution in [0.3, 0.4) is 0 Å². The fraction of sp³-hybridized carbons (Fsp3) is 0.690. The second kappa shape index (κ2) is 14.7. The van der Waals surface area contributed by atoms with Gasteiger partial charge in [-0.1, -0.05) is 27.7 Å². The molecule has 0 aromatic carbocycles. The summed E-state index contributed by atoms with van der Waals surface area (Å²) in [5.74, 6) is -0.449. The molecule has 214 valence electrons. The molecule has 1 spiro atoms. The van der Waals surface area contributed by atoms with Crippen molar-refractivity contribution in [1.29, 1.82) is 0 Å².